The predicted octanol–water partition coefficient (Wildman–Crippen LogP) is 2.74. The van der Waals surface area contributed by atoms with Crippen LogP contribution in [0.3, 0.4) is 0 Å². The molecule has 0 unspecified atom stereocenters. The Morgan fingerprint density at radius 1 is 1.56 bits per heavy atom. The Kier molecular flexibility index (Phi) is 5.70. The molecule has 0 bridgehead atoms. The molecule has 0 spiro atoms. The van der Waals surface area contributed by atoms with Crippen molar-refractivity contribution < 1.29 is 23.0 Å². The molecule has 1 heterocycles. The van der Waals surface area contributed by atoms with E-state index in [2.05, 4.69) is 4.98 Å². The molecule has 4 nitrogen and oxygen atoms in total. The molecule has 7 heteroatoms. The van der Waals surface area contributed by atoms with Gasteiger partial charge in [-0.25, -0.2) is 13.8 Å². The smallest absolute Gasteiger partial charge is 0.312 e. The van der Waals surface area contributed by atoms with E-state index < -0.39 is 12.4 Å². The van der Waals surface area contributed by atoms with Crippen LogP contribution in [0.5, 0.6) is 5.75 Å². The normalized spacial score (nSPS) is 10.6. The van der Waals surface area contributed by atoms with Crippen molar-refractivity contribution in [3.8, 4) is 5.75 Å². The highest BCUT2D eigenvalue weighted by Crippen LogP contribution is 2.29. The van der Waals surface area contributed by atoms with Gasteiger partial charge in [0.05, 0.1) is 31.4 Å². The molecule has 0 amide bonds. The molecule has 0 aromatic carbocycles. The first-order chi connectivity index (χ1) is 8.49. The summed E-state index contributed by atoms with van der Waals surface area (Å²) >= 11 is 1.70. The van der Waals surface area contributed by atoms with E-state index in [4.69, 9.17) is 9.47 Å². The number of carbonyl (C=O) groups excluding carboxylic acids is 1. The molecular weight excluding hydrogens is 359 g/mol. The first-order valence-electron chi connectivity index (χ1n) is 5.16. The molecule has 0 saturated carbocycles. The lowest BCUT2D eigenvalue weighted by Crippen LogP contribution is -2.11. The number of pyridine rings is 1. The maximum atomic E-state index is 12.7. The maximum absolute atomic E-state index is 12.7. The number of nitrogens with zero attached hydrogens (tertiary/aromatic N) is 1. The van der Waals surface area contributed by atoms with Crippen molar-refractivity contribution in [1.29, 1.82) is 0 Å². The summed E-state index contributed by atoms with van der Waals surface area (Å²) in [6, 6.07) is 1.20. The molecule has 0 N–H and O–H groups in total. The van der Waals surface area contributed by atoms with Gasteiger partial charge in [-0.05, 0) is 35.6 Å². The summed E-state index contributed by atoms with van der Waals surface area (Å²) in [6.07, 6.45) is -2.73. The summed E-state index contributed by atoms with van der Waals surface area (Å²) in [7, 11) is 1.34. The zero-order valence-corrected chi connectivity index (χ0v) is 12.0. The van der Waals surface area contributed by atoms with Crippen molar-refractivity contribution in [2.45, 2.75) is 19.8 Å². The quantitative estimate of drug-likeness (QED) is 0.454. The van der Waals surface area contributed by atoms with Gasteiger partial charge in [-0.15, -0.1) is 0 Å². The highest BCUT2D eigenvalue weighted by Gasteiger charge is 2.19. The minimum absolute atomic E-state index is 0.101. The van der Waals surface area contributed by atoms with E-state index in [1.165, 1.54) is 13.2 Å². The maximum Gasteiger partial charge on any atom is 0.312 e. The molecule has 0 aliphatic carbocycles. The van der Waals surface area contributed by atoms with Gasteiger partial charge in [0, 0.05) is 0 Å². The van der Waals surface area contributed by atoms with Crippen LogP contribution < -0.4 is 4.74 Å². The fourth-order valence-electron chi connectivity index (χ4n) is 1.33. The van der Waals surface area contributed by atoms with Crippen molar-refractivity contribution in [2.24, 2.45) is 0 Å². The van der Waals surface area contributed by atoms with Gasteiger partial charge < -0.3 is 9.47 Å². The van der Waals surface area contributed by atoms with Crippen LogP contribution in [0.1, 0.15) is 24.6 Å². The number of aromatic nitrogens is 1. The summed E-state index contributed by atoms with van der Waals surface area (Å²) in [5.41, 5.74) is 0.0878. The standard InChI is InChI=1S/C11H12F2INO3/c1-3-18-9(16)5-7-8(17-2)4-6(10(12)13)11(14)15-7/h4,10H,3,5H2,1-2H3. The minimum atomic E-state index is -2.63. The van der Waals surface area contributed by atoms with Crippen LogP contribution >= 0.6 is 22.6 Å². The number of alkyl halides is 2. The monoisotopic (exact) mass is 371 g/mol. The van der Waals surface area contributed by atoms with E-state index in [1.54, 1.807) is 29.5 Å². The van der Waals surface area contributed by atoms with E-state index in [0.717, 1.165) is 0 Å². The zero-order valence-electron chi connectivity index (χ0n) is 9.87. The Balaban J connectivity index is 3.05. The highest BCUT2D eigenvalue weighted by molar-refractivity contribution is 14.1. The van der Waals surface area contributed by atoms with Gasteiger partial charge in [0.2, 0.25) is 0 Å². The van der Waals surface area contributed by atoms with Crippen LogP contribution in [0.2, 0.25) is 0 Å². The van der Waals surface area contributed by atoms with Gasteiger partial charge in [0.25, 0.3) is 6.43 Å². The third-order valence-electron chi connectivity index (χ3n) is 2.11. The summed E-state index contributed by atoms with van der Waals surface area (Å²) in [5, 5.41) is 0. The summed E-state index contributed by atoms with van der Waals surface area (Å²) in [5.74, 6) is -0.303. The number of rotatable bonds is 5. The van der Waals surface area contributed by atoms with Gasteiger partial charge in [-0.3, -0.25) is 4.79 Å². The number of methoxy groups -OCH3 is 1. The Morgan fingerprint density at radius 2 is 2.22 bits per heavy atom. The van der Waals surface area contributed by atoms with Crippen molar-refractivity contribution in [1.82, 2.24) is 4.98 Å². The third kappa shape index (κ3) is 3.76. The second kappa shape index (κ2) is 6.81. The highest BCUT2D eigenvalue weighted by atomic mass is 127. The topological polar surface area (TPSA) is 48.4 Å². The Hall–Kier alpha value is -0.990. The van der Waals surface area contributed by atoms with Gasteiger partial charge in [-0.2, -0.15) is 0 Å². The molecule has 1 aromatic rings. The van der Waals surface area contributed by atoms with Crippen LogP contribution in [0.4, 0.5) is 8.78 Å². The van der Waals surface area contributed by atoms with E-state index in [1.807, 2.05) is 0 Å². The molecule has 0 fully saturated rings. The zero-order chi connectivity index (χ0) is 13.7. The average molecular weight is 371 g/mol. The van der Waals surface area contributed by atoms with Crippen molar-refractivity contribution in [2.75, 3.05) is 13.7 Å². The van der Waals surface area contributed by atoms with Crippen LogP contribution in [0, 0.1) is 3.70 Å². The number of hydrogen-bond donors (Lipinski definition) is 0. The third-order valence-corrected chi connectivity index (χ3v) is 2.98. The minimum Gasteiger partial charge on any atom is -0.495 e. The molecular formula is C11H12F2INO3. The second-order valence-electron chi connectivity index (χ2n) is 3.30. The molecule has 1 rings (SSSR count). The van der Waals surface area contributed by atoms with Crippen molar-refractivity contribution >= 4 is 28.6 Å². The first-order valence-corrected chi connectivity index (χ1v) is 6.24. The van der Waals surface area contributed by atoms with E-state index in [0.29, 0.717) is 5.69 Å². The van der Waals surface area contributed by atoms with Crippen LogP contribution in [-0.4, -0.2) is 24.7 Å². The molecule has 0 radical (unpaired) electrons. The van der Waals surface area contributed by atoms with Gasteiger partial charge in [0.15, 0.2) is 0 Å². The molecule has 1 aromatic heterocycles. The van der Waals surface area contributed by atoms with E-state index in [9.17, 15) is 13.6 Å². The SMILES string of the molecule is CCOC(=O)Cc1nc(I)c(C(F)F)cc1OC. The Bertz CT molecular complexity index is 441. The average Bonchev–Trinajstić information content (AvgIpc) is 2.29. The van der Waals surface area contributed by atoms with Gasteiger partial charge >= 0.3 is 5.97 Å². The molecule has 100 valence electrons. The second-order valence-corrected chi connectivity index (χ2v) is 4.32. The molecule has 18 heavy (non-hydrogen) atoms. The lowest BCUT2D eigenvalue weighted by Gasteiger charge is -2.11. The number of halogens is 3. The van der Waals surface area contributed by atoms with Gasteiger partial charge in [-0.1, -0.05) is 0 Å². The first kappa shape index (κ1) is 15.1. The largest absolute Gasteiger partial charge is 0.495 e. The van der Waals surface area contributed by atoms with E-state index >= 15 is 0 Å². The fourth-order valence-corrected chi connectivity index (χ4v) is 2.01. The number of ether oxygens (including phenoxy) is 2. The summed E-state index contributed by atoms with van der Waals surface area (Å²) < 4.78 is 35.2. The van der Waals surface area contributed by atoms with Crippen molar-refractivity contribution in [3.05, 3.63) is 21.0 Å². The Labute approximate surface area is 117 Å². The lowest BCUT2D eigenvalue weighted by atomic mass is 10.2. The van der Waals surface area contributed by atoms with Crippen molar-refractivity contribution in [3.63, 3.8) is 0 Å². The van der Waals surface area contributed by atoms with Crippen LogP contribution in [0.15, 0.2) is 6.07 Å². The van der Waals surface area contributed by atoms with Crippen LogP contribution in [-0.2, 0) is 16.0 Å². The fraction of sp³-hybridized carbons (Fsp3) is 0.455. The Morgan fingerprint density at radius 3 is 2.72 bits per heavy atom. The number of esters is 1. The van der Waals surface area contributed by atoms with Crippen LogP contribution in [0.25, 0.3) is 0 Å². The van der Waals surface area contributed by atoms with E-state index in [-0.39, 0.29) is 28.0 Å². The molecule has 0 atom stereocenters. The summed E-state index contributed by atoms with van der Waals surface area (Å²) in [4.78, 5) is 15.3. The van der Waals surface area contributed by atoms with Gasteiger partial charge in [0.1, 0.15) is 9.45 Å². The molecule has 0 aliphatic rings. The number of hydrogen-bond acceptors (Lipinski definition) is 4. The molecule has 0 aliphatic heterocycles. The number of carbonyl (C=O) groups is 1. The lowest BCUT2D eigenvalue weighted by molar-refractivity contribution is -0.142. The molecule has 0 saturated heterocycles. The predicted molar refractivity (Wildman–Crippen MR) is 68.8 cm³/mol. The summed E-state index contributed by atoms with van der Waals surface area (Å²) in [6.45, 7) is 1.94.